The number of primary sulfonamides is 2. The first-order valence-corrected chi connectivity index (χ1v) is 16.5. The predicted octanol–water partition coefficient (Wildman–Crippen LogP) is 3.28. The predicted molar refractivity (Wildman–Crippen MR) is 161 cm³/mol. The van der Waals surface area contributed by atoms with Crippen LogP contribution in [0.3, 0.4) is 0 Å². The van der Waals surface area contributed by atoms with E-state index >= 15 is 0 Å². The van der Waals surface area contributed by atoms with Crippen molar-refractivity contribution in [3.8, 4) is 0 Å². The van der Waals surface area contributed by atoms with Gasteiger partial charge in [-0.1, -0.05) is 0 Å². The zero-order chi connectivity index (χ0) is 33.3. The van der Waals surface area contributed by atoms with Gasteiger partial charge in [0.15, 0.2) is 0 Å². The summed E-state index contributed by atoms with van der Waals surface area (Å²) in [6, 6.07) is 15.3. The monoisotopic (exact) mass is 679 g/mol. The molecule has 0 heterocycles. The third-order valence-corrected chi connectivity index (χ3v) is 8.69. The van der Waals surface area contributed by atoms with Gasteiger partial charge in [-0.2, -0.15) is 8.42 Å². The fourth-order valence-electron chi connectivity index (χ4n) is 3.91. The molecule has 0 saturated carbocycles. The van der Waals surface area contributed by atoms with Crippen LogP contribution in [-0.2, 0) is 30.2 Å². The average molecular weight is 680 g/mol. The molecule has 4 aromatic carbocycles. The first kappa shape index (κ1) is 32.7. The number of anilines is 6. The molecule has 0 bridgehead atoms. The molecule has 0 amide bonds. The van der Waals surface area contributed by atoms with Gasteiger partial charge >= 0.3 is 0 Å². The van der Waals surface area contributed by atoms with Crippen molar-refractivity contribution in [1.29, 1.82) is 0 Å². The second kappa shape index (κ2) is 12.1. The minimum atomic E-state index is -4.86. The van der Waals surface area contributed by atoms with E-state index < -0.39 is 66.1 Å². The maximum absolute atomic E-state index is 12.2. The summed E-state index contributed by atoms with van der Waals surface area (Å²) in [6.07, 6.45) is 0. The zero-order valence-corrected chi connectivity index (χ0v) is 24.8. The average Bonchev–Trinajstić information content (AvgIpc) is 2.93. The number of nitro groups is 2. The Hall–Kier alpha value is -5.19. The minimum absolute atomic E-state index is 0.0192. The van der Waals surface area contributed by atoms with Crippen molar-refractivity contribution >= 4 is 75.7 Å². The van der Waals surface area contributed by atoms with Crippen LogP contribution in [0, 0.1) is 20.2 Å². The number of nitrogens with two attached hydrogens (primary N) is 2. The molecule has 0 aliphatic carbocycles. The molecule has 45 heavy (non-hydrogen) atoms. The van der Waals surface area contributed by atoms with E-state index in [4.69, 9.17) is 10.3 Å². The van der Waals surface area contributed by atoms with Crippen LogP contribution in [0.4, 0.5) is 45.5 Å². The van der Waals surface area contributed by atoms with Crippen LogP contribution >= 0.6 is 0 Å². The van der Waals surface area contributed by atoms with Crippen molar-refractivity contribution in [2.75, 3.05) is 16.0 Å². The van der Waals surface area contributed by atoms with Gasteiger partial charge in [-0.15, -0.1) is 0 Å². The molecule has 0 saturated heterocycles. The molecular weight excluding hydrogens is 659 g/mol. The Morgan fingerprint density at radius 3 is 1.29 bits per heavy atom. The molecule has 8 N–H and O–H groups in total. The van der Waals surface area contributed by atoms with Gasteiger partial charge in [0.05, 0.1) is 25.3 Å². The van der Waals surface area contributed by atoms with Gasteiger partial charge in [-0.25, -0.2) is 27.1 Å². The number of hydrogen-bond donors (Lipinski definition) is 6. The Balaban J connectivity index is 1.59. The molecular formula is C24H21N7O11S3. The van der Waals surface area contributed by atoms with E-state index in [9.17, 15) is 50.0 Å². The van der Waals surface area contributed by atoms with E-state index in [0.29, 0.717) is 11.4 Å². The number of nitrogens with one attached hydrogen (secondary N) is 3. The second-order valence-corrected chi connectivity index (χ2v) is 13.6. The van der Waals surface area contributed by atoms with Crippen molar-refractivity contribution in [2.45, 2.75) is 14.7 Å². The van der Waals surface area contributed by atoms with Crippen LogP contribution in [-0.4, -0.2) is 39.7 Å². The van der Waals surface area contributed by atoms with E-state index in [1.54, 1.807) is 0 Å². The molecule has 236 valence electrons. The number of nitrogens with zero attached hydrogens (tertiary/aromatic N) is 2. The summed E-state index contributed by atoms with van der Waals surface area (Å²) in [6.45, 7) is 0. The highest BCUT2D eigenvalue weighted by molar-refractivity contribution is 7.89. The Morgan fingerprint density at radius 2 is 0.911 bits per heavy atom. The number of rotatable bonds is 11. The lowest BCUT2D eigenvalue weighted by Gasteiger charge is -2.14. The van der Waals surface area contributed by atoms with E-state index in [2.05, 4.69) is 16.0 Å². The number of hydrogen-bond acceptors (Lipinski definition) is 13. The Morgan fingerprint density at radius 1 is 0.556 bits per heavy atom. The Labute approximate surface area is 254 Å². The van der Waals surface area contributed by atoms with Crippen LogP contribution < -0.4 is 26.2 Å². The molecule has 21 heteroatoms. The smallest absolute Gasteiger partial charge is 0.296 e. The van der Waals surface area contributed by atoms with E-state index in [1.807, 2.05) is 0 Å². The van der Waals surface area contributed by atoms with Gasteiger partial charge in [0.1, 0.15) is 16.3 Å². The van der Waals surface area contributed by atoms with Gasteiger partial charge in [-0.05, 0) is 66.7 Å². The van der Waals surface area contributed by atoms with E-state index in [1.165, 1.54) is 42.5 Å². The topological polar surface area (TPSA) is 297 Å². The lowest BCUT2D eigenvalue weighted by Crippen LogP contribution is -2.12. The van der Waals surface area contributed by atoms with Crippen LogP contribution in [0.25, 0.3) is 0 Å². The van der Waals surface area contributed by atoms with Gasteiger partial charge in [0.2, 0.25) is 20.0 Å². The fourth-order valence-corrected chi connectivity index (χ4v) is 5.65. The van der Waals surface area contributed by atoms with E-state index in [-0.39, 0.29) is 22.7 Å². The summed E-state index contributed by atoms with van der Waals surface area (Å²) in [7, 11) is -13.3. The fraction of sp³-hybridized carbons (Fsp3) is 0. The number of nitro benzene ring substituents is 2. The van der Waals surface area contributed by atoms with Crippen LogP contribution in [0.1, 0.15) is 0 Å². The van der Waals surface area contributed by atoms with Crippen molar-refractivity contribution in [2.24, 2.45) is 10.3 Å². The number of sulfonamides is 2. The largest absolute Gasteiger partial charge is 0.354 e. The summed E-state index contributed by atoms with van der Waals surface area (Å²) in [5.74, 6) is 0. The molecule has 0 fully saturated rings. The maximum atomic E-state index is 12.2. The Bertz CT molecular complexity index is 2170. The normalized spacial score (nSPS) is 11.9. The summed E-state index contributed by atoms with van der Waals surface area (Å²) >= 11 is 0. The van der Waals surface area contributed by atoms with Gasteiger partial charge in [-0.3, -0.25) is 24.8 Å². The molecule has 18 nitrogen and oxygen atoms in total. The van der Waals surface area contributed by atoms with Crippen LogP contribution in [0.2, 0.25) is 0 Å². The lowest BCUT2D eigenvalue weighted by atomic mass is 10.2. The summed E-state index contributed by atoms with van der Waals surface area (Å²) in [4.78, 5) is 19.7. The lowest BCUT2D eigenvalue weighted by molar-refractivity contribution is -0.384. The molecule has 0 radical (unpaired) electrons. The quantitative estimate of drug-likeness (QED) is 0.0753. The third-order valence-electron chi connectivity index (χ3n) is 5.97. The highest BCUT2D eigenvalue weighted by Crippen LogP contribution is 2.34. The van der Waals surface area contributed by atoms with Gasteiger partial charge in [0, 0.05) is 29.2 Å². The molecule has 0 aliphatic rings. The van der Waals surface area contributed by atoms with Gasteiger partial charge in [0.25, 0.3) is 21.5 Å². The second-order valence-electron chi connectivity index (χ2n) is 9.10. The molecule has 0 spiro atoms. The maximum Gasteiger partial charge on any atom is 0.296 e. The molecule has 4 rings (SSSR count). The van der Waals surface area contributed by atoms with Crippen LogP contribution in [0.5, 0.6) is 0 Å². The van der Waals surface area contributed by atoms with Gasteiger partial charge < -0.3 is 16.0 Å². The first-order chi connectivity index (χ1) is 20.8. The summed E-state index contributed by atoms with van der Waals surface area (Å²) in [5.41, 5.74) is -0.943. The molecule has 0 atom stereocenters. The van der Waals surface area contributed by atoms with Crippen molar-refractivity contribution in [3.05, 3.63) is 99.1 Å². The van der Waals surface area contributed by atoms with E-state index in [0.717, 1.165) is 36.4 Å². The van der Waals surface area contributed by atoms with Crippen molar-refractivity contribution < 1.29 is 39.7 Å². The summed E-state index contributed by atoms with van der Waals surface area (Å²) < 4.78 is 80.5. The molecule has 0 unspecified atom stereocenters. The molecule has 4 aromatic rings. The minimum Gasteiger partial charge on any atom is -0.354 e. The molecule has 0 aromatic heterocycles. The third kappa shape index (κ3) is 7.86. The first-order valence-electron chi connectivity index (χ1n) is 12.0. The highest BCUT2D eigenvalue weighted by Gasteiger charge is 2.22. The van der Waals surface area contributed by atoms with Crippen LogP contribution in [0.15, 0.2) is 93.5 Å². The number of benzene rings is 4. The SMILES string of the molecule is NS(=O)(=O)c1ccc(Nc2ccc(Nc3ccc(Nc4ccc(S(N)(=O)=O)cc4[N+](=O)[O-])cc3S(=O)(=O)O)cc2)c([N+](=O)[O-])c1. The zero-order valence-electron chi connectivity index (χ0n) is 22.3. The highest BCUT2D eigenvalue weighted by atomic mass is 32.2. The standard InChI is InChI=1S/C24H21N7O11S3/c25-43(36,37)17-6-9-19(22(12-17)30(32)33)27-14-1-3-15(4-2-14)28-21-8-5-16(11-24(21)45(40,41)42)29-20-10-7-18(44(26,38)39)13-23(20)31(34)35/h1-13,27-29H,(H2,25,36,37)(H2,26,38,39)(H,40,41,42). The van der Waals surface area contributed by atoms with Crippen molar-refractivity contribution in [3.63, 3.8) is 0 Å². The van der Waals surface area contributed by atoms with Crippen molar-refractivity contribution in [1.82, 2.24) is 0 Å². The Kier molecular flexibility index (Phi) is 8.77. The molecule has 0 aliphatic heterocycles. The summed E-state index contributed by atoms with van der Waals surface area (Å²) in [5, 5.41) is 41.3.